The Morgan fingerprint density at radius 2 is 1.75 bits per heavy atom. The van der Waals surface area contributed by atoms with Gasteiger partial charge in [0.1, 0.15) is 24.1 Å². The van der Waals surface area contributed by atoms with Crippen molar-refractivity contribution in [2.75, 3.05) is 24.7 Å². The Bertz CT molecular complexity index is 1560. The van der Waals surface area contributed by atoms with Crippen LogP contribution in [-0.4, -0.2) is 92.0 Å². The molecule has 0 spiro atoms. The lowest BCUT2D eigenvalue weighted by Crippen LogP contribution is -2.36. The standard InChI is InChI=1S/C21H29N8O10P/c22-12-1-2-28(21(35)25-12)11-3-8(5-30)17(16(11)33)39-40(36,37)38-6-9-4-10(15(32)14(9)31)29-7-24-13-18(29)26-20(23)27-19(13)34/h1-2,7-11,14-17,30-33H,3-6H2,(H,36,37)(H2,22,25,35)(H3,23,26,27,34)/t8-,9-,10-,11-,14-,15+,16+,17-/m1/s1. The molecule has 0 saturated heterocycles. The molecular weight excluding hydrogens is 555 g/mol. The van der Waals surface area contributed by atoms with E-state index in [0.29, 0.717) is 0 Å². The zero-order valence-corrected chi connectivity index (χ0v) is 21.7. The maximum Gasteiger partial charge on any atom is 0.472 e. The van der Waals surface area contributed by atoms with Crippen LogP contribution in [0.5, 0.6) is 0 Å². The highest BCUT2D eigenvalue weighted by Gasteiger charge is 2.49. The maximum atomic E-state index is 12.8. The lowest BCUT2D eigenvalue weighted by molar-refractivity contribution is -0.0231. The van der Waals surface area contributed by atoms with Crippen LogP contribution in [0.1, 0.15) is 24.9 Å². The molecule has 0 aliphatic heterocycles. The molecule has 0 bridgehead atoms. The second-order valence-electron chi connectivity index (χ2n) is 9.93. The molecule has 18 nitrogen and oxygen atoms in total. The molecule has 0 radical (unpaired) electrons. The molecule has 2 aliphatic rings. The van der Waals surface area contributed by atoms with Crippen molar-refractivity contribution in [2.45, 2.75) is 49.3 Å². The summed E-state index contributed by atoms with van der Waals surface area (Å²) in [7, 11) is -4.88. The van der Waals surface area contributed by atoms with Crippen LogP contribution < -0.4 is 22.7 Å². The molecule has 2 aliphatic carbocycles. The Balaban J connectivity index is 1.27. The third-order valence-corrected chi connectivity index (χ3v) is 8.45. The Labute approximate surface area is 224 Å². The fraction of sp³-hybridized carbons (Fsp3) is 0.571. The molecule has 40 heavy (non-hydrogen) atoms. The number of aliphatic hydroxyl groups is 4. The minimum absolute atomic E-state index is 0.0206. The van der Waals surface area contributed by atoms with Crippen molar-refractivity contribution in [1.82, 2.24) is 29.1 Å². The van der Waals surface area contributed by atoms with Gasteiger partial charge in [0.2, 0.25) is 5.95 Å². The SMILES string of the molecule is Nc1ccn([C@@H]2C[C@H](CO)[C@@H](OP(=O)(O)OC[C@H]3C[C@@H](n4cnc5c(=O)[nH]c(N)nc54)[C@H](O)[C@@H]3O)[C@H]2O)c(=O)n1. The summed E-state index contributed by atoms with van der Waals surface area (Å²) in [4.78, 5) is 48.7. The second kappa shape index (κ2) is 10.6. The first kappa shape index (κ1) is 28.3. The highest BCUT2D eigenvalue weighted by atomic mass is 31.2. The molecule has 3 aromatic rings. The molecule has 5 rings (SSSR count). The van der Waals surface area contributed by atoms with Crippen LogP contribution in [0.25, 0.3) is 11.2 Å². The van der Waals surface area contributed by atoms with E-state index in [-0.39, 0.29) is 35.8 Å². The lowest BCUT2D eigenvalue weighted by Gasteiger charge is -2.25. The summed E-state index contributed by atoms with van der Waals surface area (Å²) in [6.45, 7) is -1.05. The minimum atomic E-state index is -4.88. The number of rotatable bonds is 8. The number of aliphatic hydroxyl groups excluding tert-OH is 4. The number of aromatic amines is 1. The molecule has 10 N–H and O–H groups in total. The Morgan fingerprint density at radius 3 is 2.45 bits per heavy atom. The molecule has 2 fully saturated rings. The highest BCUT2D eigenvalue weighted by molar-refractivity contribution is 7.47. The van der Waals surface area contributed by atoms with Gasteiger partial charge < -0.3 is 41.4 Å². The van der Waals surface area contributed by atoms with Crippen molar-refractivity contribution in [3.8, 4) is 0 Å². The molecular formula is C21H29N8O10P. The van der Waals surface area contributed by atoms with Gasteiger partial charge in [-0.25, -0.2) is 14.3 Å². The van der Waals surface area contributed by atoms with Gasteiger partial charge in [0.15, 0.2) is 11.2 Å². The molecule has 3 aromatic heterocycles. The number of nitrogens with two attached hydrogens (primary N) is 2. The first-order valence-electron chi connectivity index (χ1n) is 12.3. The zero-order valence-electron chi connectivity index (χ0n) is 20.8. The quantitative estimate of drug-likeness (QED) is 0.124. The normalized spacial score (nSPS) is 32.0. The predicted octanol–water partition coefficient (Wildman–Crippen LogP) is -2.76. The fourth-order valence-corrected chi connectivity index (χ4v) is 6.51. The van der Waals surface area contributed by atoms with Gasteiger partial charge >= 0.3 is 13.5 Å². The van der Waals surface area contributed by atoms with Crippen LogP contribution in [0.2, 0.25) is 0 Å². The van der Waals surface area contributed by atoms with Crippen LogP contribution in [0.3, 0.4) is 0 Å². The van der Waals surface area contributed by atoms with E-state index in [2.05, 4.69) is 19.9 Å². The third kappa shape index (κ3) is 5.15. The molecule has 9 atom stereocenters. The first-order chi connectivity index (χ1) is 18.9. The van der Waals surface area contributed by atoms with E-state index in [4.69, 9.17) is 20.5 Å². The molecule has 2 saturated carbocycles. The van der Waals surface area contributed by atoms with Crippen LogP contribution in [-0.2, 0) is 13.6 Å². The van der Waals surface area contributed by atoms with E-state index in [1.54, 1.807) is 0 Å². The summed E-state index contributed by atoms with van der Waals surface area (Å²) in [5.74, 6) is -1.87. The smallest absolute Gasteiger partial charge is 0.396 e. The number of hydrogen-bond donors (Lipinski definition) is 8. The summed E-state index contributed by atoms with van der Waals surface area (Å²) >= 11 is 0. The van der Waals surface area contributed by atoms with Crippen molar-refractivity contribution in [3.63, 3.8) is 0 Å². The van der Waals surface area contributed by atoms with E-state index >= 15 is 0 Å². The number of anilines is 2. The lowest BCUT2D eigenvalue weighted by atomic mass is 10.1. The largest absolute Gasteiger partial charge is 0.472 e. The van der Waals surface area contributed by atoms with E-state index in [1.807, 2.05) is 0 Å². The van der Waals surface area contributed by atoms with Gasteiger partial charge in [-0.05, 0) is 18.9 Å². The molecule has 218 valence electrons. The number of nitrogen functional groups attached to an aromatic ring is 2. The monoisotopic (exact) mass is 584 g/mol. The minimum Gasteiger partial charge on any atom is -0.396 e. The molecule has 1 unspecified atom stereocenters. The van der Waals surface area contributed by atoms with Gasteiger partial charge in [-0.2, -0.15) is 9.97 Å². The highest BCUT2D eigenvalue weighted by Crippen LogP contribution is 2.51. The fourth-order valence-electron chi connectivity index (χ4n) is 5.46. The average Bonchev–Trinajstić information content (AvgIpc) is 3.53. The second-order valence-corrected chi connectivity index (χ2v) is 11.3. The van der Waals surface area contributed by atoms with Crippen LogP contribution >= 0.6 is 7.82 Å². The van der Waals surface area contributed by atoms with Gasteiger partial charge in [0.05, 0.1) is 31.1 Å². The predicted molar refractivity (Wildman–Crippen MR) is 136 cm³/mol. The first-order valence-corrected chi connectivity index (χ1v) is 13.8. The van der Waals surface area contributed by atoms with Crippen molar-refractivity contribution in [2.24, 2.45) is 11.8 Å². The number of nitrogens with zero attached hydrogens (tertiary/aromatic N) is 5. The zero-order chi connectivity index (χ0) is 28.9. The van der Waals surface area contributed by atoms with Gasteiger partial charge in [-0.3, -0.25) is 23.4 Å². The maximum absolute atomic E-state index is 12.8. The van der Waals surface area contributed by atoms with Gasteiger partial charge in [-0.1, -0.05) is 0 Å². The number of phosphoric ester groups is 1. The Hall–Kier alpha value is -3.22. The van der Waals surface area contributed by atoms with E-state index in [9.17, 15) is 39.5 Å². The van der Waals surface area contributed by atoms with Crippen molar-refractivity contribution >= 4 is 30.8 Å². The van der Waals surface area contributed by atoms with Crippen LogP contribution in [0.4, 0.5) is 11.8 Å². The molecule has 0 aromatic carbocycles. The number of phosphoric acid groups is 1. The van der Waals surface area contributed by atoms with E-state index < -0.39 is 80.6 Å². The Morgan fingerprint density at radius 1 is 1.05 bits per heavy atom. The Kier molecular flexibility index (Phi) is 7.53. The number of aromatic nitrogens is 6. The summed E-state index contributed by atoms with van der Waals surface area (Å²) in [5.41, 5.74) is 9.86. The topological polar surface area (TPSA) is 287 Å². The number of fused-ring (bicyclic) bond motifs is 1. The van der Waals surface area contributed by atoms with Crippen LogP contribution in [0, 0.1) is 11.8 Å². The number of H-pyrrole nitrogens is 1. The third-order valence-electron chi connectivity index (χ3n) is 7.47. The summed E-state index contributed by atoms with van der Waals surface area (Å²) in [6.07, 6.45) is -2.96. The summed E-state index contributed by atoms with van der Waals surface area (Å²) in [5, 5.41) is 41.9. The molecule has 3 heterocycles. The average molecular weight is 584 g/mol. The van der Waals surface area contributed by atoms with Crippen molar-refractivity contribution < 1.29 is 38.9 Å². The van der Waals surface area contributed by atoms with Crippen molar-refractivity contribution in [3.05, 3.63) is 39.4 Å². The molecule has 19 heteroatoms. The van der Waals surface area contributed by atoms with Crippen molar-refractivity contribution in [1.29, 1.82) is 0 Å². The van der Waals surface area contributed by atoms with E-state index in [0.717, 1.165) is 4.57 Å². The van der Waals surface area contributed by atoms with Gasteiger partial charge in [-0.15, -0.1) is 0 Å². The van der Waals surface area contributed by atoms with Crippen LogP contribution in [0.15, 0.2) is 28.2 Å². The van der Waals surface area contributed by atoms with Gasteiger partial charge in [0, 0.05) is 24.6 Å². The van der Waals surface area contributed by atoms with Gasteiger partial charge in [0.25, 0.3) is 5.56 Å². The number of imidazole rings is 1. The number of hydrogen-bond acceptors (Lipinski definition) is 14. The summed E-state index contributed by atoms with van der Waals surface area (Å²) < 4.78 is 25.7. The number of nitrogens with one attached hydrogen (secondary N) is 1. The molecule has 0 amide bonds. The summed E-state index contributed by atoms with van der Waals surface area (Å²) in [6, 6.07) is -0.389. The van der Waals surface area contributed by atoms with E-state index in [1.165, 1.54) is 23.2 Å².